The van der Waals surface area contributed by atoms with Crippen LogP contribution in [0.25, 0.3) is 0 Å². The molecule has 24 heavy (non-hydrogen) atoms. The van der Waals surface area contributed by atoms with Gasteiger partial charge >= 0.3 is 11.8 Å². The van der Waals surface area contributed by atoms with E-state index in [0.717, 1.165) is 25.7 Å². The van der Waals surface area contributed by atoms with Crippen LogP contribution in [0.15, 0.2) is 24.3 Å². The Morgan fingerprint density at radius 2 is 1.83 bits per heavy atom. The lowest BCUT2D eigenvalue weighted by Crippen LogP contribution is -2.39. The van der Waals surface area contributed by atoms with Gasteiger partial charge in [0.1, 0.15) is 0 Å². The Balaban J connectivity index is 2.01. The maximum atomic E-state index is 12.4. The van der Waals surface area contributed by atoms with Crippen molar-refractivity contribution < 1.29 is 19.5 Å². The van der Waals surface area contributed by atoms with E-state index in [-0.39, 0.29) is 24.2 Å². The quantitative estimate of drug-likeness (QED) is 0.598. The molecule has 0 aromatic heterocycles. The second-order valence-electron chi connectivity index (χ2n) is 6.01. The molecule has 0 saturated heterocycles. The van der Waals surface area contributed by atoms with Crippen LogP contribution in [0.2, 0.25) is 0 Å². The minimum absolute atomic E-state index is 0.0178. The second-order valence-corrected chi connectivity index (χ2v) is 6.01. The SMILES string of the molecule is C[C@@H](O)CNC(=O)C(=O)Nc1ccccc1C(=O)NC1CCCC1. The summed E-state index contributed by atoms with van der Waals surface area (Å²) in [5, 5.41) is 16.8. The molecule has 3 amide bonds. The van der Waals surface area contributed by atoms with Crippen molar-refractivity contribution in [3.63, 3.8) is 0 Å². The van der Waals surface area contributed by atoms with Gasteiger partial charge in [0.25, 0.3) is 5.91 Å². The maximum Gasteiger partial charge on any atom is 0.313 e. The molecule has 4 N–H and O–H groups in total. The summed E-state index contributed by atoms with van der Waals surface area (Å²) < 4.78 is 0. The molecule has 0 radical (unpaired) electrons. The molecular formula is C17H23N3O4. The van der Waals surface area contributed by atoms with Gasteiger partial charge in [-0.25, -0.2) is 0 Å². The summed E-state index contributed by atoms with van der Waals surface area (Å²) >= 11 is 0. The van der Waals surface area contributed by atoms with E-state index in [4.69, 9.17) is 5.11 Å². The third kappa shape index (κ3) is 5.06. The Kier molecular flexibility index (Phi) is 6.31. The number of carbonyl (C=O) groups is 3. The van der Waals surface area contributed by atoms with Gasteiger partial charge in [-0.3, -0.25) is 14.4 Å². The normalized spacial score (nSPS) is 15.6. The molecule has 1 saturated carbocycles. The van der Waals surface area contributed by atoms with Crippen LogP contribution < -0.4 is 16.0 Å². The highest BCUT2D eigenvalue weighted by Gasteiger charge is 2.21. The van der Waals surface area contributed by atoms with E-state index in [2.05, 4.69) is 16.0 Å². The summed E-state index contributed by atoms with van der Waals surface area (Å²) in [6, 6.07) is 6.72. The number of benzene rings is 1. The molecule has 2 rings (SSSR count). The first-order valence-corrected chi connectivity index (χ1v) is 8.14. The number of amides is 3. The fraction of sp³-hybridized carbons (Fsp3) is 0.471. The van der Waals surface area contributed by atoms with E-state index >= 15 is 0 Å². The molecule has 1 fully saturated rings. The molecule has 0 heterocycles. The van der Waals surface area contributed by atoms with Gasteiger partial charge in [-0.15, -0.1) is 0 Å². The molecule has 1 aliphatic rings. The third-order valence-corrected chi connectivity index (χ3v) is 3.87. The van der Waals surface area contributed by atoms with Gasteiger partial charge < -0.3 is 21.1 Å². The molecule has 1 aromatic rings. The smallest absolute Gasteiger partial charge is 0.313 e. The fourth-order valence-electron chi connectivity index (χ4n) is 2.62. The number of aliphatic hydroxyl groups is 1. The Morgan fingerprint density at radius 1 is 1.17 bits per heavy atom. The molecule has 1 atom stereocenters. The van der Waals surface area contributed by atoms with Crippen molar-refractivity contribution in [2.45, 2.75) is 44.8 Å². The topological polar surface area (TPSA) is 108 Å². The van der Waals surface area contributed by atoms with Crippen LogP contribution in [0.5, 0.6) is 0 Å². The monoisotopic (exact) mass is 333 g/mol. The summed E-state index contributed by atoms with van der Waals surface area (Å²) in [6.45, 7) is 1.48. The van der Waals surface area contributed by atoms with Crippen molar-refractivity contribution in [1.29, 1.82) is 0 Å². The average Bonchev–Trinajstić information content (AvgIpc) is 3.05. The summed E-state index contributed by atoms with van der Waals surface area (Å²) in [7, 11) is 0. The zero-order valence-corrected chi connectivity index (χ0v) is 13.7. The first-order valence-electron chi connectivity index (χ1n) is 8.14. The van der Waals surface area contributed by atoms with Gasteiger partial charge in [-0.05, 0) is 31.9 Å². The molecule has 130 valence electrons. The number of para-hydroxylation sites is 1. The van der Waals surface area contributed by atoms with Crippen LogP contribution in [0.4, 0.5) is 5.69 Å². The highest BCUT2D eigenvalue weighted by molar-refractivity contribution is 6.40. The molecule has 7 heteroatoms. The average molecular weight is 333 g/mol. The van der Waals surface area contributed by atoms with Gasteiger partial charge in [-0.1, -0.05) is 25.0 Å². The van der Waals surface area contributed by atoms with Crippen molar-refractivity contribution in [3.05, 3.63) is 29.8 Å². The number of hydrogen-bond acceptors (Lipinski definition) is 4. The van der Waals surface area contributed by atoms with Gasteiger partial charge in [0.05, 0.1) is 17.4 Å². The largest absolute Gasteiger partial charge is 0.392 e. The van der Waals surface area contributed by atoms with E-state index in [1.54, 1.807) is 24.3 Å². The number of aliphatic hydroxyl groups excluding tert-OH is 1. The molecule has 1 aromatic carbocycles. The summed E-state index contributed by atoms with van der Waals surface area (Å²) in [4.78, 5) is 36.0. The highest BCUT2D eigenvalue weighted by atomic mass is 16.3. The van der Waals surface area contributed by atoms with Gasteiger partial charge in [0.2, 0.25) is 0 Å². The number of nitrogens with one attached hydrogen (secondary N) is 3. The predicted molar refractivity (Wildman–Crippen MR) is 89.5 cm³/mol. The summed E-state index contributed by atoms with van der Waals surface area (Å²) in [5.41, 5.74) is 0.603. The van der Waals surface area contributed by atoms with Crippen molar-refractivity contribution in [2.75, 3.05) is 11.9 Å². The van der Waals surface area contributed by atoms with Crippen molar-refractivity contribution >= 4 is 23.4 Å². The number of anilines is 1. The van der Waals surface area contributed by atoms with E-state index in [1.807, 2.05) is 0 Å². The molecule has 0 aliphatic heterocycles. The Morgan fingerprint density at radius 3 is 2.50 bits per heavy atom. The number of rotatable bonds is 5. The fourth-order valence-corrected chi connectivity index (χ4v) is 2.62. The first-order chi connectivity index (χ1) is 11.5. The van der Waals surface area contributed by atoms with Crippen LogP contribution in [0.3, 0.4) is 0 Å². The predicted octanol–water partition coefficient (Wildman–Crippen LogP) is 0.794. The maximum absolute atomic E-state index is 12.4. The van der Waals surface area contributed by atoms with E-state index in [0.29, 0.717) is 5.56 Å². The summed E-state index contributed by atoms with van der Waals surface area (Å²) in [5.74, 6) is -2.00. The third-order valence-electron chi connectivity index (χ3n) is 3.87. The lowest BCUT2D eigenvalue weighted by atomic mass is 10.1. The van der Waals surface area contributed by atoms with E-state index in [1.165, 1.54) is 6.92 Å². The Labute approximate surface area is 140 Å². The van der Waals surface area contributed by atoms with Crippen LogP contribution in [-0.2, 0) is 9.59 Å². The Bertz CT molecular complexity index is 610. The molecule has 7 nitrogen and oxygen atoms in total. The van der Waals surface area contributed by atoms with Gasteiger partial charge in [0, 0.05) is 12.6 Å². The lowest BCUT2D eigenvalue weighted by Gasteiger charge is -2.15. The first kappa shape index (κ1) is 17.9. The minimum Gasteiger partial charge on any atom is -0.392 e. The number of hydrogen-bond donors (Lipinski definition) is 4. The van der Waals surface area contributed by atoms with Crippen LogP contribution in [-0.4, -0.2) is 41.5 Å². The molecule has 1 aliphatic carbocycles. The van der Waals surface area contributed by atoms with Crippen molar-refractivity contribution in [3.8, 4) is 0 Å². The van der Waals surface area contributed by atoms with Crippen LogP contribution in [0.1, 0.15) is 43.0 Å². The van der Waals surface area contributed by atoms with Gasteiger partial charge in [0.15, 0.2) is 0 Å². The minimum atomic E-state index is -0.878. The standard InChI is InChI=1S/C17H23N3O4/c1-11(21)10-18-16(23)17(24)20-14-9-5-4-8-13(14)15(22)19-12-6-2-3-7-12/h4-5,8-9,11-12,21H,2-3,6-7,10H2,1H3,(H,18,23)(H,19,22)(H,20,24)/t11-/m1/s1. The molecule has 0 bridgehead atoms. The molecule has 0 spiro atoms. The lowest BCUT2D eigenvalue weighted by molar-refractivity contribution is -0.136. The van der Waals surface area contributed by atoms with Crippen molar-refractivity contribution in [2.24, 2.45) is 0 Å². The zero-order valence-electron chi connectivity index (χ0n) is 13.7. The Hall–Kier alpha value is -2.41. The molecular weight excluding hydrogens is 310 g/mol. The highest BCUT2D eigenvalue weighted by Crippen LogP contribution is 2.20. The van der Waals surface area contributed by atoms with Crippen molar-refractivity contribution in [1.82, 2.24) is 10.6 Å². The number of carbonyl (C=O) groups excluding carboxylic acids is 3. The van der Waals surface area contributed by atoms with Crippen LogP contribution >= 0.6 is 0 Å². The summed E-state index contributed by atoms with van der Waals surface area (Å²) in [6.07, 6.45) is 3.38. The van der Waals surface area contributed by atoms with Gasteiger partial charge in [-0.2, -0.15) is 0 Å². The van der Waals surface area contributed by atoms with E-state index < -0.39 is 17.9 Å². The second kappa shape index (κ2) is 8.44. The molecule has 0 unspecified atom stereocenters. The van der Waals surface area contributed by atoms with E-state index in [9.17, 15) is 14.4 Å². The zero-order chi connectivity index (χ0) is 17.5. The van der Waals surface area contributed by atoms with Crippen LogP contribution in [0, 0.1) is 0 Å².